The van der Waals surface area contributed by atoms with Crippen LogP contribution in [0, 0.1) is 0 Å². The molecule has 0 saturated heterocycles. The Labute approximate surface area is 125 Å². The molecule has 0 spiro atoms. The summed E-state index contributed by atoms with van der Waals surface area (Å²) in [7, 11) is 0. The number of benzene rings is 1. The molecule has 3 aromatic heterocycles. The van der Waals surface area contributed by atoms with Crippen LogP contribution in [0.4, 0.5) is 4.39 Å². The minimum Gasteiger partial charge on any atom is -0.339 e. The minimum atomic E-state index is -0.353. The second-order valence-corrected chi connectivity index (χ2v) is 5.29. The van der Waals surface area contributed by atoms with Crippen molar-refractivity contribution in [1.82, 2.24) is 14.5 Å². The summed E-state index contributed by atoms with van der Waals surface area (Å²) < 4.78 is 14.7. The molecule has 0 aliphatic rings. The van der Waals surface area contributed by atoms with Crippen molar-refractivity contribution in [2.45, 2.75) is 13.0 Å². The van der Waals surface area contributed by atoms with E-state index in [2.05, 4.69) is 14.5 Å². The number of alkyl halides is 1. The molecule has 1 N–H and O–H groups in total. The fraction of sp³-hybridized carbons (Fsp3) is 0.176. The van der Waals surface area contributed by atoms with E-state index in [0.717, 1.165) is 27.3 Å². The number of hydrogen-bond donors (Lipinski definition) is 1. The number of aromatic nitrogens is 3. The number of aryl methyl sites for hydroxylation is 1. The number of hydrogen-bond acceptors (Lipinski definition) is 2. The zero-order valence-electron chi connectivity index (χ0n) is 11.8. The summed E-state index contributed by atoms with van der Waals surface area (Å²) >= 11 is 0. The third-order valence-corrected chi connectivity index (χ3v) is 4.05. The SMILES string of the molecule is O=c1[nH]ccc2c1ccc1c2c2ncccc2n1CCCF. The Balaban J connectivity index is 2.21. The Hall–Kier alpha value is -2.69. The van der Waals surface area contributed by atoms with Gasteiger partial charge in [0.15, 0.2) is 0 Å². The lowest BCUT2D eigenvalue weighted by molar-refractivity contribution is 0.452. The lowest BCUT2D eigenvalue weighted by atomic mass is 10.1. The number of nitrogens with one attached hydrogen (secondary N) is 1. The monoisotopic (exact) mass is 295 g/mol. The van der Waals surface area contributed by atoms with Crippen LogP contribution in [0.15, 0.2) is 47.5 Å². The standard InChI is InChI=1S/C17H14FN3O/c18-7-2-10-21-13-5-4-12-11(6-9-20-17(12)22)15(13)16-14(21)3-1-8-19-16/h1,3-6,8-9H,2,7,10H2,(H,20,22). The molecular weight excluding hydrogens is 281 g/mol. The Bertz CT molecular complexity index is 1050. The van der Waals surface area contributed by atoms with Crippen molar-refractivity contribution in [3.05, 3.63) is 53.1 Å². The van der Waals surface area contributed by atoms with Crippen molar-refractivity contribution in [1.29, 1.82) is 0 Å². The molecule has 1 aromatic carbocycles. The van der Waals surface area contributed by atoms with Gasteiger partial charge in [-0.05, 0) is 36.8 Å². The average Bonchev–Trinajstić information content (AvgIpc) is 2.87. The van der Waals surface area contributed by atoms with Crippen LogP contribution in [-0.2, 0) is 6.54 Å². The van der Waals surface area contributed by atoms with Gasteiger partial charge in [-0.2, -0.15) is 0 Å². The lowest BCUT2D eigenvalue weighted by Crippen LogP contribution is -2.04. The van der Waals surface area contributed by atoms with E-state index in [0.29, 0.717) is 18.4 Å². The van der Waals surface area contributed by atoms with Crippen LogP contribution in [0.1, 0.15) is 6.42 Å². The summed E-state index contributed by atoms with van der Waals surface area (Å²) in [5.41, 5.74) is 2.70. The van der Waals surface area contributed by atoms with Crippen molar-refractivity contribution in [2.24, 2.45) is 0 Å². The highest BCUT2D eigenvalue weighted by molar-refractivity contribution is 6.19. The normalized spacial score (nSPS) is 11.7. The molecule has 0 saturated carbocycles. The fourth-order valence-corrected chi connectivity index (χ4v) is 3.13. The van der Waals surface area contributed by atoms with Crippen molar-refractivity contribution in [3.63, 3.8) is 0 Å². The summed E-state index contributed by atoms with van der Waals surface area (Å²) in [6.07, 6.45) is 3.85. The molecule has 0 amide bonds. The molecule has 3 heterocycles. The van der Waals surface area contributed by atoms with E-state index >= 15 is 0 Å². The van der Waals surface area contributed by atoms with Crippen molar-refractivity contribution in [3.8, 4) is 0 Å². The predicted molar refractivity (Wildman–Crippen MR) is 86.0 cm³/mol. The maximum Gasteiger partial charge on any atom is 0.255 e. The first kappa shape index (κ1) is 13.0. The summed E-state index contributed by atoms with van der Waals surface area (Å²) in [5.74, 6) is 0. The molecule has 110 valence electrons. The predicted octanol–water partition coefficient (Wildman–Crippen LogP) is 3.39. The summed E-state index contributed by atoms with van der Waals surface area (Å²) in [5, 5.41) is 2.48. The molecule has 22 heavy (non-hydrogen) atoms. The van der Waals surface area contributed by atoms with Gasteiger partial charge in [-0.3, -0.25) is 14.2 Å². The molecule has 0 bridgehead atoms. The Morgan fingerprint density at radius 3 is 2.91 bits per heavy atom. The fourth-order valence-electron chi connectivity index (χ4n) is 3.13. The molecule has 0 unspecified atom stereocenters. The van der Waals surface area contributed by atoms with Gasteiger partial charge in [-0.1, -0.05) is 0 Å². The van der Waals surface area contributed by atoms with E-state index in [-0.39, 0.29) is 12.2 Å². The van der Waals surface area contributed by atoms with Gasteiger partial charge >= 0.3 is 0 Å². The number of aromatic amines is 1. The van der Waals surface area contributed by atoms with Gasteiger partial charge in [0.05, 0.1) is 23.2 Å². The van der Waals surface area contributed by atoms with Crippen LogP contribution >= 0.6 is 0 Å². The average molecular weight is 295 g/mol. The largest absolute Gasteiger partial charge is 0.339 e. The molecule has 0 aliphatic carbocycles. The first-order valence-electron chi connectivity index (χ1n) is 7.24. The smallest absolute Gasteiger partial charge is 0.255 e. The van der Waals surface area contributed by atoms with Crippen LogP contribution in [0.5, 0.6) is 0 Å². The molecule has 0 atom stereocenters. The molecule has 4 rings (SSSR count). The number of nitrogens with zero attached hydrogens (tertiary/aromatic N) is 2. The van der Waals surface area contributed by atoms with Gasteiger partial charge in [0.2, 0.25) is 0 Å². The van der Waals surface area contributed by atoms with E-state index in [1.54, 1.807) is 12.4 Å². The maximum atomic E-state index is 12.6. The Morgan fingerprint density at radius 2 is 2.05 bits per heavy atom. The van der Waals surface area contributed by atoms with Crippen molar-refractivity contribution < 1.29 is 4.39 Å². The summed E-state index contributed by atoms with van der Waals surface area (Å²) in [6.45, 7) is 0.242. The highest BCUT2D eigenvalue weighted by Gasteiger charge is 2.14. The third-order valence-electron chi connectivity index (χ3n) is 4.05. The van der Waals surface area contributed by atoms with Gasteiger partial charge < -0.3 is 9.55 Å². The van der Waals surface area contributed by atoms with Gasteiger partial charge in [0, 0.05) is 35.1 Å². The summed E-state index contributed by atoms with van der Waals surface area (Å²) in [4.78, 5) is 19.2. The number of pyridine rings is 2. The molecule has 5 heteroatoms. The molecule has 0 fully saturated rings. The molecule has 4 nitrogen and oxygen atoms in total. The lowest BCUT2D eigenvalue weighted by Gasteiger charge is -2.05. The Kier molecular flexibility index (Phi) is 2.92. The first-order chi connectivity index (χ1) is 10.8. The summed E-state index contributed by atoms with van der Waals surface area (Å²) in [6, 6.07) is 9.50. The van der Waals surface area contributed by atoms with Crippen molar-refractivity contribution in [2.75, 3.05) is 6.67 Å². The van der Waals surface area contributed by atoms with Crippen molar-refractivity contribution >= 4 is 32.7 Å². The maximum absolute atomic E-state index is 12.6. The molecule has 4 aromatic rings. The number of rotatable bonds is 3. The van der Waals surface area contributed by atoms with Gasteiger partial charge in [-0.15, -0.1) is 0 Å². The number of H-pyrrole nitrogens is 1. The zero-order valence-corrected chi connectivity index (χ0v) is 11.8. The van der Waals surface area contributed by atoms with Gasteiger partial charge in [0.25, 0.3) is 5.56 Å². The Morgan fingerprint density at radius 1 is 1.14 bits per heavy atom. The van der Waals surface area contributed by atoms with E-state index in [9.17, 15) is 9.18 Å². The van der Waals surface area contributed by atoms with Crippen LogP contribution in [-0.4, -0.2) is 21.2 Å². The molecular formula is C17H14FN3O. The minimum absolute atomic E-state index is 0.111. The second kappa shape index (κ2) is 4.94. The van der Waals surface area contributed by atoms with Gasteiger partial charge in [0.1, 0.15) is 0 Å². The van der Waals surface area contributed by atoms with Gasteiger partial charge in [-0.25, -0.2) is 0 Å². The number of fused-ring (bicyclic) bond motifs is 5. The van der Waals surface area contributed by atoms with E-state index in [4.69, 9.17) is 0 Å². The van der Waals surface area contributed by atoms with E-state index < -0.39 is 0 Å². The van der Waals surface area contributed by atoms with Crippen LogP contribution in [0.3, 0.4) is 0 Å². The highest BCUT2D eigenvalue weighted by atomic mass is 19.1. The van der Waals surface area contributed by atoms with E-state index in [1.807, 2.05) is 30.3 Å². The number of halogens is 1. The van der Waals surface area contributed by atoms with Crippen LogP contribution in [0.25, 0.3) is 32.7 Å². The second-order valence-electron chi connectivity index (χ2n) is 5.29. The molecule has 0 radical (unpaired) electrons. The van der Waals surface area contributed by atoms with Crippen LogP contribution in [0.2, 0.25) is 0 Å². The topological polar surface area (TPSA) is 50.7 Å². The first-order valence-corrected chi connectivity index (χ1v) is 7.24. The third kappa shape index (κ3) is 1.75. The van der Waals surface area contributed by atoms with E-state index in [1.165, 1.54) is 0 Å². The quantitative estimate of drug-likeness (QED) is 0.630. The zero-order chi connectivity index (χ0) is 15.1. The molecule has 0 aliphatic heterocycles. The van der Waals surface area contributed by atoms with Crippen LogP contribution < -0.4 is 5.56 Å². The highest BCUT2D eigenvalue weighted by Crippen LogP contribution is 2.32.